The molecule has 5 rings (SSSR count). The summed E-state index contributed by atoms with van der Waals surface area (Å²) in [6.45, 7) is 17.6. The van der Waals surface area contributed by atoms with Gasteiger partial charge in [-0.15, -0.1) is 0 Å². The molecule has 3 saturated heterocycles. The summed E-state index contributed by atoms with van der Waals surface area (Å²) in [5.41, 5.74) is 1.28. The van der Waals surface area contributed by atoms with Crippen molar-refractivity contribution in [1.82, 2.24) is 61.3 Å². The Bertz CT molecular complexity index is 2960. The number of hydrogen-bond acceptors (Lipinski definition) is 13. The number of rotatable bonds is 14. The molecule has 12 amide bonds. The Morgan fingerprint density at radius 3 is 1.57 bits per heavy atom. The number of hydrogen-bond donors (Lipinski definition) is 7. The van der Waals surface area contributed by atoms with E-state index in [0.29, 0.717) is 56.3 Å². The van der Waals surface area contributed by atoms with E-state index in [4.69, 9.17) is 0 Å². The van der Waals surface area contributed by atoms with Crippen molar-refractivity contribution in [3.8, 4) is 0 Å². The number of benzene rings is 2. The zero-order valence-electron chi connectivity index (χ0n) is 58.5. The predicted molar refractivity (Wildman–Crippen MR) is 359 cm³/mol. The molecule has 3 unspecified atom stereocenters. The molecule has 25 nitrogen and oxygen atoms in total. The van der Waals surface area contributed by atoms with Crippen molar-refractivity contribution < 1.29 is 62.6 Å². The molecule has 25 heteroatoms. The first kappa shape index (κ1) is 77.7. The van der Waals surface area contributed by atoms with Crippen LogP contribution in [-0.4, -0.2) is 226 Å². The van der Waals surface area contributed by atoms with E-state index in [1.165, 1.54) is 56.7 Å². The fourth-order valence-electron chi connectivity index (χ4n) is 12.6. The van der Waals surface area contributed by atoms with Gasteiger partial charge in [0.1, 0.15) is 60.4 Å². The van der Waals surface area contributed by atoms with E-state index in [1.54, 1.807) is 72.5 Å². The number of likely N-dealkylation sites (tertiary alicyclic amines) is 1. The monoisotopic (exact) mass is 1320 g/mol. The number of carbonyl (C=O) groups is 12. The fourth-order valence-corrected chi connectivity index (χ4v) is 12.6. The minimum Gasteiger partial charge on any atom is -0.391 e. The lowest BCUT2D eigenvalue weighted by Gasteiger charge is -2.39. The number of piperidine rings is 2. The van der Waals surface area contributed by atoms with Gasteiger partial charge in [-0.25, -0.2) is 0 Å². The number of nitrogens with zero attached hydrogens (tertiary/aromatic N) is 6. The maximum Gasteiger partial charge on any atom is 0.248 e. The van der Waals surface area contributed by atoms with E-state index in [2.05, 4.69) is 31.9 Å². The normalized spacial score (nSPS) is 26.5. The lowest BCUT2D eigenvalue weighted by atomic mass is 9.94. The third kappa shape index (κ3) is 22.0. The summed E-state index contributed by atoms with van der Waals surface area (Å²) in [6.07, 6.45) is 1.74. The van der Waals surface area contributed by atoms with Gasteiger partial charge >= 0.3 is 0 Å². The lowest BCUT2D eigenvalue weighted by molar-refractivity contribution is -0.149. The Kier molecular flexibility index (Phi) is 30.1. The molecular weight excluding hydrogens is 1220 g/mol. The van der Waals surface area contributed by atoms with Gasteiger partial charge < -0.3 is 66.4 Å². The summed E-state index contributed by atoms with van der Waals surface area (Å²) in [6, 6.07) is 4.53. The number of fused-ring (bicyclic) bond motifs is 1. The van der Waals surface area contributed by atoms with Crippen LogP contribution in [0.1, 0.15) is 151 Å². The number of nitrogens with one attached hydrogen (secondary N) is 6. The highest BCUT2D eigenvalue weighted by atomic mass is 16.3. The van der Waals surface area contributed by atoms with Crippen LogP contribution in [0.25, 0.3) is 0 Å². The van der Waals surface area contributed by atoms with Crippen LogP contribution in [0, 0.1) is 23.7 Å². The van der Waals surface area contributed by atoms with Crippen molar-refractivity contribution in [3.05, 3.63) is 71.8 Å². The molecule has 2 aromatic rings. The molecule has 2 aromatic carbocycles. The highest BCUT2D eigenvalue weighted by Gasteiger charge is 2.44. The topological polar surface area (TPSA) is 317 Å². The Morgan fingerprint density at radius 2 is 1.02 bits per heavy atom. The molecule has 95 heavy (non-hydrogen) atoms. The van der Waals surface area contributed by atoms with Gasteiger partial charge in [0, 0.05) is 60.7 Å². The molecule has 0 bridgehead atoms. The zero-order chi connectivity index (χ0) is 70.5. The average molecular weight is 1330 g/mol. The maximum absolute atomic E-state index is 15.1. The van der Waals surface area contributed by atoms with Gasteiger partial charge in [0.05, 0.1) is 19.1 Å². The van der Waals surface area contributed by atoms with E-state index in [9.17, 15) is 57.8 Å². The zero-order valence-corrected chi connectivity index (χ0v) is 58.5. The number of carbonyl (C=O) groups excluding carboxylic acids is 12. The van der Waals surface area contributed by atoms with Crippen molar-refractivity contribution in [2.24, 2.45) is 23.7 Å². The molecule has 0 aliphatic carbocycles. The Labute approximate surface area is 561 Å². The third-order valence-corrected chi connectivity index (χ3v) is 18.6. The highest BCUT2D eigenvalue weighted by molar-refractivity contribution is 6.00. The SMILES string of the molecule is CC[C@H](C)[C@H]1C(=O)NCC(=O)N(C)[C@@H](CC(C)C)C(=O)N[C@@H]([C@@H](C)O)C(=O)N2CCCC[C@H]2C(=O)N[C@@H](Cc2ccccc2)C(=O)NC(C(=O)N2CCCCC2)CC(=O)N(C)[C@@H](C)C(=O)NC(Cc2ccccc2)C(=O)N(C)[C@@H](CC(C)C)C(=O)NC(CC(C)C)C(=O)N1C. The van der Waals surface area contributed by atoms with Crippen LogP contribution in [0.4, 0.5) is 0 Å². The average Bonchev–Trinajstić information content (AvgIpc) is 0.884. The van der Waals surface area contributed by atoms with Crippen LogP contribution in [0.5, 0.6) is 0 Å². The number of aliphatic hydroxyl groups excluding tert-OH is 1. The summed E-state index contributed by atoms with van der Waals surface area (Å²) in [7, 11) is 5.63. The smallest absolute Gasteiger partial charge is 0.248 e. The Balaban J connectivity index is 1.63. The first-order valence-corrected chi connectivity index (χ1v) is 34.1. The summed E-state index contributed by atoms with van der Waals surface area (Å²) in [4.78, 5) is 185. The molecule has 3 aliphatic heterocycles. The van der Waals surface area contributed by atoms with Crippen molar-refractivity contribution in [2.45, 2.75) is 219 Å². The van der Waals surface area contributed by atoms with Crippen LogP contribution in [-0.2, 0) is 70.4 Å². The molecule has 0 radical (unpaired) electrons. The highest BCUT2D eigenvalue weighted by Crippen LogP contribution is 2.24. The summed E-state index contributed by atoms with van der Waals surface area (Å²) in [5, 5.41) is 28.1. The Hall–Kier alpha value is -7.96. The second kappa shape index (κ2) is 36.8. The van der Waals surface area contributed by atoms with Gasteiger partial charge in [0.2, 0.25) is 70.9 Å². The fraction of sp³-hybridized carbons (Fsp3) is 0.657. The minimum absolute atomic E-state index is 0.0306. The maximum atomic E-state index is 15.1. The van der Waals surface area contributed by atoms with Crippen LogP contribution in [0.2, 0.25) is 0 Å². The molecule has 3 fully saturated rings. The minimum atomic E-state index is -1.63. The van der Waals surface area contributed by atoms with E-state index in [0.717, 1.165) is 16.2 Å². The van der Waals surface area contributed by atoms with Gasteiger partial charge in [-0.05, 0) is 106 Å². The second-order valence-electron chi connectivity index (χ2n) is 27.5. The van der Waals surface area contributed by atoms with Crippen LogP contribution in [0.15, 0.2) is 60.7 Å². The number of amides is 12. The van der Waals surface area contributed by atoms with Crippen molar-refractivity contribution >= 4 is 70.9 Å². The summed E-state index contributed by atoms with van der Waals surface area (Å²) < 4.78 is 0. The van der Waals surface area contributed by atoms with E-state index < -0.39 is 156 Å². The van der Waals surface area contributed by atoms with Gasteiger partial charge in [-0.2, -0.15) is 0 Å². The van der Waals surface area contributed by atoms with Crippen molar-refractivity contribution in [1.29, 1.82) is 0 Å². The van der Waals surface area contributed by atoms with Gasteiger partial charge in [-0.1, -0.05) is 122 Å². The molecule has 3 heterocycles. The summed E-state index contributed by atoms with van der Waals surface area (Å²) >= 11 is 0. The molecule has 0 saturated carbocycles. The first-order chi connectivity index (χ1) is 44.9. The third-order valence-electron chi connectivity index (χ3n) is 18.6. The van der Waals surface area contributed by atoms with Crippen LogP contribution >= 0.6 is 0 Å². The van der Waals surface area contributed by atoms with E-state index >= 15 is 4.79 Å². The molecule has 12 atom stereocenters. The Morgan fingerprint density at radius 1 is 0.516 bits per heavy atom. The van der Waals surface area contributed by atoms with Crippen molar-refractivity contribution in [2.75, 3.05) is 54.4 Å². The van der Waals surface area contributed by atoms with Gasteiger partial charge in [0.25, 0.3) is 0 Å². The van der Waals surface area contributed by atoms with Crippen LogP contribution < -0.4 is 31.9 Å². The lowest BCUT2D eigenvalue weighted by Crippen LogP contribution is -2.63. The number of aliphatic hydroxyl groups is 1. The molecule has 3 aliphatic rings. The largest absolute Gasteiger partial charge is 0.391 e. The van der Waals surface area contributed by atoms with E-state index in [-0.39, 0.29) is 62.8 Å². The molecule has 0 spiro atoms. The van der Waals surface area contributed by atoms with Gasteiger partial charge in [0.15, 0.2) is 0 Å². The molecular formula is C70H108N12O13. The predicted octanol–water partition coefficient (Wildman–Crippen LogP) is 2.70. The molecule has 7 N–H and O–H groups in total. The molecule has 526 valence electrons. The number of likely N-dealkylation sites (N-methyl/N-ethyl adjacent to an activating group) is 4. The van der Waals surface area contributed by atoms with Gasteiger partial charge in [-0.3, -0.25) is 57.5 Å². The first-order valence-electron chi connectivity index (χ1n) is 34.1. The van der Waals surface area contributed by atoms with Crippen LogP contribution in [0.3, 0.4) is 0 Å². The second-order valence-corrected chi connectivity index (χ2v) is 27.5. The van der Waals surface area contributed by atoms with E-state index in [1.807, 2.05) is 48.5 Å². The standard InChI is InChI=1S/C70H108N12O13/c1-15-45(8)60-66(91)71-41-58(85)78(12)55(36-43(4)5)65(90)76-59(47(10)83)70(95)82-34-26-23-31-54(82)63(88)72-50(38-48-27-19-16-20-28-48)62(87)74-53(69(94)81-32-24-18-25-33-81)40-57(84)77(11)46(9)61(86)73-52(39-49-29-21-17-22-30-49)67(92)79(13)56(37-44(6)7)64(89)75-51(35-42(2)3)68(93)80(60)14/h16-17,19-22,27-30,42-47,50-56,59-60,83H,15,18,23-26,31-41H2,1-14H3,(H,71,91)(H,72,88)(H,73,86)(H,74,87)(H,75,89)(H,76,90)/t45-,46-,47+,50-,51?,52?,53?,54-,55-,56-,59-,60-/m0/s1. The molecule has 0 aromatic heterocycles. The quantitative estimate of drug-likeness (QED) is 0.143. The summed E-state index contributed by atoms with van der Waals surface area (Å²) in [5.74, 6) is -9.57. The van der Waals surface area contributed by atoms with Crippen molar-refractivity contribution in [3.63, 3.8) is 0 Å².